The highest BCUT2D eigenvalue weighted by Gasteiger charge is 2.40. The molecular weight excluding hydrogens is 192 g/mol. The molecule has 0 aliphatic heterocycles. The summed E-state index contributed by atoms with van der Waals surface area (Å²) in [5.74, 6) is -3.76. The number of halogens is 2. The maximum atomic E-state index is 12.7. The molecule has 0 aromatic carbocycles. The van der Waals surface area contributed by atoms with Gasteiger partial charge in [0.2, 0.25) is 0 Å². The lowest BCUT2D eigenvalue weighted by Crippen LogP contribution is -2.42. The molecule has 0 aliphatic rings. The lowest BCUT2D eigenvalue weighted by atomic mass is 10.3. The Bertz CT molecular complexity index is 258. The minimum atomic E-state index is -3.78. The van der Waals surface area contributed by atoms with Crippen molar-refractivity contribution in [2.75, 3.05) is 19.6 Å². The van der Waals surface area contributed by atoms with Crippen molar-refractivity contribution in [3.63, 3.8) is 0 Å². The predicted octanol–water partition coefficient (Wildman–Crippen LogP) is 0.828. The van der Waals surface area contributed by atoms with E-state index in [4.69, 9.17) is 11.5 Å². The second-order valence-electron chi connectivity index (χ2n) is 2.67. The maximum absolute atomic E-state index is 12.7. The van der Waals surface area contributed by atoms with E-state index < -0.39 is 18.4 Å². The largest absolute Gasteiger partial charge is 0.477 e. The van der Waals surface area contributed by atoms with Gasteiger partial charge in [0.05, 0.1) is 13.1 Å². The van der Waals surface area contributed by atoms with Gasteiger partial charge in [-0.05, 0) is 0 Å². The Kier molecular flexibility index (Phi) is 4.81. The molecule has 0 unspecified atom stereocenters. The van der Waals surface area contributed by atoms with Crippen LogP contribution < -0.4 is 0 Å². The van der Waals surface area contributed by atoms with Gasteiger partial charge < -0.3 is 5.11 Å². The van der Waals surface area contributed by atoms with Crippen LogP contribution in [0.2, 0.25) is 0 Å². The highest BCUT2D eigenvalue weighted by atomic mass is 19.3. The molecular formula is C9H11F2NO2. The topological polar surface area (TPSA) is 40.5 Å². The molecule has 0 spiro atoms. The molecule has 78 valence electrons. The smallest absolute Gasteiger partial charge is 0.375 e. The highest BCUT2D eigenvalue weighted by Crippen LogP contribution is 2.15. The number of rotatable bonds is 6. The number of terminal acetylenes is 1. The third-order valence-corrected chi connectivity index (χ3v) is 1.44. The Morgan fingerprint density at radius 1 is 1.71 bits per heavy atom. The number of alkyl halides is 2. The molecule has 0 bridgehead atoms. The Hall–Kier alpha value is -1.41. The summed E-state index contributed by atoms with van der Waals surface area (Å²) >= 11 is 0. The van der Waals surface area contributed by atoms with Crippen LogP contribution in [0, 0.1) is 12.3 Å². The van der Waals surface area contributed by atoms with E-state index in [1.165, 1.54) is 6.08 Å². The van der Waals surface area contributed by atoms with Gasteiger partial charge in [-0.25, -0.2) is 4.79 Å². The molecule has 0 aromatic heterocycles. The minimum Gasteiger partial charge on any atom is -0.477 e. The van der Waals surface area contributed by atoms with E-state index >= 15 is 0 Å². The Labute approximate surface area is 81.0 Å². The van der Waals surface area contributed by atoms with Crippen LogP contribution in [-0.4, -0.2) is 41.5 Å². The van der Waals surface area contributed by atoms with Gasteiger partial charge in [-0.15, -0.1) is 13.0 Å². The third kappa shape index (κ3) is 4.01. The zero-order chi connectivity index (χ0) is 11.2. The van der Waals surface area contributed by atoms with Crippen LogP contribution in [0.15, 0.2) is 12.7 Å². The minimum absolute atomic E-state index is 0.0328. The van der Waals surface area contributed by atoms with Gasteiger partial charge in [-0.1, -0.05) is 12.0 Å². The number of aliphatic carboxylic acids is 1. The zero-order valence-corrected chi connectivity index (χ0v) is 7.54. The standard InChI is InChI=1S/C9H11F2NO2/c1-3-5-12(6-4-2)7-9(10,11)8(13)14/h1,4H,2,5-7H2,(H,13,14). The average molecular weight is 203 g/mol. The molecule has 1 N–H and O–H groups in total. The van der Waals surface area contributed by atoms with Gasteiger partial charge in [0.25, 0.3) is 0 Å². The van der Waals surface area contributed by atoms with Crippen molar-refractivity contribution in [2.45, 2.75) is 5.92 Å². The normalized spacial score (nSPS) is 11.0. The lowest BCUT2D eigenvalue weighted by molar-refractivity contribution is -0.167. The monoisotopic (exact) mass is 203 g/mol. The summed E-state index contributed by atoms with van der Waals surface area (Å²) in [5.41, 5.74) is 0. The van der Waals surface area contributed by atoms with Gasteiger partial charge in [0, 0.05) is 6.54 Å². The number of carboxylic acid groups (broad SMARTS) is 1. The number of carbonyl (C=O) groups is 1. The molecule has 0 atom stereocenters. The fourth-order valence-corrected chi connectivity index (χ4v) is 0.845. The van der Waals surface area contributed by atoms with Crippen LogP contribution >= 0.6 is 0 Å². The number of hydrogen-bond donors (Lipinski definition) is 1. The van der Waals surface area contributed by atoms with Gasteiger partial charge >= 0.3 is 11.9 Å². The van der Waals surface area contributed by atoms with Crippen LogP contribution in [-0.2, 0) is 4.79 Å². The summed E-state index contributed by atoms with van der Waals surface area (Å²) in [6.45, 7) is 2.55. The fourth-order valence-electron chi connectivity index (χ4n) is 0.845. The molecule has 3 nitrogen and oxygen atoms in total. The van der Waals surface area contributed by atoms with E-state index in [0.29, 0.717) is 0 Å². The first-order valence-electron chi connectivity index (χ1n) is 3.82. The second kappa shape index (κ2) is 5.35. The molecule has 0 fully saturated rings. The van der Waals surface area contributed by atoms with Crippen molar-refractivity contribution in [1.82, 2.24) is 4.90 Å². The van der Waals surface area contributed by atoms with E-state index in [9.17, 15) is 13.6 Å². The summed E-state index contributed by atoms with van der Waals surface area (Å²) < 4.78 is 25.4. The van der Waals surface area contributed by atoms with Crippen LogP contribution in [0.4, 0.5) is 8.78 Å². The second-order valence-corrected chi connectivity index (χ2v) is 2.67. The van der Waals surface area contributed by atoms with Crippen molar-refractivity contribution in [3.05, 3.63) is 12.7 Å². The SMILES string of the molecule is C#CCN(CC=C)CC(F)(F)C(=O)O. The van der Waals surface area contributed by atoms with E-state index in [-0.39, 0.29) is 13.1 Å². The van der Waals surface area contributed by atoms with Gasteiger partial charge in [-0.3, -0.25) is 4.90 Å². The molecule has 0 rings (SSSR count). The van der Waals surface area contributed by atoms with Crippen LogP contribution in [0.1, 0.15) is 0 Å². The Morgan fingerprint density at radius 2 is 2.29 bits per heavy atom. The van der Waals surface area contributed by atoms with Crippen molar-refractivity contribution >= 4 is 5.97 Å². The summed E-state index contributed by atoms with van der Waals surface area (Å²) in [7, 11) is 0. The van der Waals surface area contributed by atoms with E-state index in [1.807, 2.05) is 0 Å². The first-order chi connectivity index (χ1) is 6.44. The molecule has 0 aromatic rings. The average Bonchev–Trinajstić information content (AvgIpc) is 2.04. The van der Waals surface area contributed by atoms with Crippen LogP contribution in [0.3, 0.4) is 0 Å². The summed E-state index contributed by atoms with van der Waals surface area (Å²) in [5, 5.41) is 8.17. The summed E-state index contributed by atoms with van der Waals surface area (Å²) in [6, 6.07) is 0. The number of carboxylic acids is 1. The number of nitrogens with zero attached hydrogens (tertiary/aromatic N) is 1. The fraction of sp³-hybridized carbons (Fsp3) is 0.444. The van der Waals surface area contributed by atoms with Crippen molar-refractivity contribution in [3.8, 4) is 12.3 Å². The Morgan fingerprint density at radius 3 is 2.64 bits per heavy atom. The highest BCUT2D eigenvalue weighted by molar-refractivity contribution is 5.75. The molecule has 0 saturated carbocycles. The van der Waals surface area contributed by atoms with Gasteiger partial charge in [-0.2, -0.15) is 8.78 Å². The Balaban J connectivity index is 4.35. The predicted molar refractivity (Wildman–Crippen MR) is 48.1 cm³/mol. The van der Waals surface area contributed by atoms with Gasteiger partial charge in [0.1, 0.15) is 0 Å². The van der Waals surface area contributed by atoms with Crippen molar-refractivity contribution in [1.29, 1.82) is 0 Å². The van der Waals surface area contributed by atoms with E-state index in [0.717, 1.165) is 4.90 Å². The van der Waals surface area contributed by atoms with Gasteiger partial charge in [0.15, 0.2) is 0 Å². The molecule has 0 amide bonds. The molecule has 0 saturated heterocycles. The van der Waals surface area contributed by atoms with E-state index in [1.54, 1.807) is 0 Å². The third-order valence-electron chi connectivity index (χ3n) is 1.44. The molecule has 5 heteroatoms. The van der Waals surface area contributed by atoms with Crippen molar-refractivity contribution < 1.29 is 18.7 Å². The summed E-state index contributed by atoms with van der Waals surface area (Å²) in [6.07, 6.45) is 6.32. The molecule has 0 aliphatic carbocycles. The molecule has 0 heterocycles. The zero-order valence-electron chi connectivity index (χ0n) is 7.54. The van der Waals surface area contributed by atoms with Crippen molar-refractivity contribution in [2.24, 2.45) is 0 Å². The quantitative estimate of drug-likeness (QED) is 0.513. The summed E-state index contributed by atoms with van der Waals surface area (Å²) in [4.78, 5) is 11.2. The van der Waals surface area contributed by atoms with Crippen LogP contribution in [0.5, 0.6) is 0 Å². The van der Waals surface area contributed by atoms with E-state index in [2.05, 4.69) is 12.5 Å². The molecule has 14 heavy (non-hydrogen) atoms. The number of hydrogen-bond acceptors (Lipinski definition) is 2. The molecule has 0 radical (unpaired) electrons. The first kappa shape index (κ1) is 12.6. The maximum Gasteiger partial charge on any atom is 0.375 e. The lowest BCUT2D eigenvalue weighted by Gasteiger charge is -2.21. The first-order valence-corrected chi connectivity index (χ1v) is 3.82. The van der Waals surface area contributed by atoms with Crippen LogP contribution in [0.25, 0.3) is 0 Å².